The lowest BCUT2D eigenvalue weighted by molar-refractivity contribution is 0.103. The van der Waals surface area contributed by atoms with Crippen molar-refractivity contribution in [3.8, 4) is 0 Å². The summed E-state index contributed by atoms with van der Waals surface area (Å²) in [5.41, 5.74) is 1.42. The number of fused-ring (bicyclic) bond motifs is 1. The smallest absolute Gasteiger partial charge is 0.134 e. The molecule has 0 amide bonds. The van der Waals surface area contributed by atoms with Crippen LogP contribution in [0.2, 0.25) is 10.0 Å². The summed E-state index contributed by atoms with van der Waals surface area (Å²) in [6, 6.07) is 12.7. The molecule has 92 valence electrons. The maximum Gasteiger partial charge on any atom is 0.134 e. The third-order valence-electron chi connectivity index (χ3n) is 3.26. The van der Waals surface area contributed by atoms with Gasteiger partial charge in [-0.2, -0.15) is 0 Å². The van der Waals surface area contributed by atoms with E-state index in [2.05, 4.69) is 5.32 Å². The van der Waals surface area contributed by atoms with Crippen LogP contribution in [-0.2, 0) is 5.60 Å². The molecular weight excluding hydrogens is 269 g/mol. The van der Waals surface area contributed by atoms with E-state index in [-0.39, 0.29) is 0 Å². The van der Waals surface area contributed by atoms with Gasteiger partial charge in [-0.25, -0.2) is 0 Å². The molecule has 2 nitrogen and oxygen atoms in total. The van der Waals surface area contributed by atoms with Gasteiger partial charge in [0.25, 0.3) is 0 Å². The molecule has 0 bridgehead atoms. The molecule has 3 rings (SSSR count). The monoisotopic (exact) mass is 279 g/mol. The molecule has 0 spiro atoms. The van der Waals surface area contributed by atoms with Gasteiger partial charge in [-0.15, -0.1) is 0 Å². The summed E-state index contributed by atoms with van der Waals surface area (Å²) in [6.07, 6.45) is 0. The molecule has 2 N–H and O–H groups in total. The van der Waals surface area contributed by atoms with E-state index >= 15 is 0 Å². The number of β-amino-alcohol motifs (C(OH)–C–C–N with tert-alkyl or cyclic N) is 1. The number of nitrogens with one attached hydrogen (secondary N) is 1. The lowest BCUT2D eigenvalue weighted by atomic mass is 9.88. The Hall–Kier alpha value is -1.22. The van der Waals surface area contributed by atoms with Crippen molar-refractivity contribution in [3.63, 3.8) is 0 Å². The standard InChI is InChI=1S/C14H11Cl2NO/c15-10-3-1-2-9(6-10)14(18)8-17-13-7-11(16)4-5-12(13)14/h1-7,17-18H,8H2. The highest BCUT2D eigenvalue weighted by Crippen LogP contribution is 2.41. The topological polar surface area (TPSA) is 32.3 Å². The molecule has 2 aromatic carbocycles. The Bertz CT molecular complexity index is 614. The van der Waals surface area contributed by atoms with Crippen LogP contribution in [0, 0.1) is 0 Å². The van der Waals surface area contributed by atoms with Gasteiger partial charge in [0.15, 0.2) is 0 Å². The first-order valence-corrected chi connectivity index (χ1v) is 6.37. The summed E-state index contributed by atoms with van der Waals surface area (Å²) in [5, 5.41) is 15.3. The van der Waals surface area contributed by atoms with Gasteiger partial charge < -0.3 is 10.4 Å². The van der Waals surface area contributed by atoms with E-state index in [9.17, 15) is 5.11 Å². The van der Waals surface area contributed by atoms with Gasteiger partial charge in [0, 0.05) is 21.3 Å². The maximum atomic E-state index is 10.9. The van der Waals surface area contributed by atoms with E-state index in [1.54, 1.807) is 18.2 Å². The Morgan fingerprint density at radius 1 is 1.06 bits per heavy atom. The number of anilines is 1. The van der Waals surface area contributed by atoms with Crippen LogP contribution in [-0.4, -0.2) is 11.7 Å². The molecular formula is C14H11Cl2NO. The number of benzene rings is 2. The first-order chi connectivity index (χ1) is 8.59. The SMILES string of the molecule is OC1(c2cccc(Cl)c2)CNc2cc(Cl)ccc21. The third-order valence-corrected chi connectivity index (χ3v) is 3.73. The summed E-state index contributed by atoms with van der Waals surface area (Å²) in [4.78, 5) is 0. The molecule has 1 unspecified atom stereocenters. The van der Waals surface area contributed by atoms with E-state index in [1.807, 2.05) is 24.3 Å². The minimum absolute atomic E-state index is 0.420. The first-order valence-electron chi connectivity index (χ1n) is 5.62. The van der Waals surface area contributed by atoms with Crippen LogP contribution in [0.4, 0.5) is 5.69 Å². The van der Waals surface area contributed by atoms with E-state index in [0.29, 0.717) is 16.6 Å². The second-order valence-electron chi connectivity index (χ2n) is 4.41. The van der Waals surface area contributed by atoms with Crippen molar-refractivity contribution in [2.45, 2.75) is 5.60 Å². The van der Waals surface area contributed by atoms with Crippen LogP contribution in [0.3, 0.4) is 0 Å². The normalized spacial score (nSPS) is 21.5. The van der Waals surface area contributed by atoms with Gasteiger partial charge in [-0.1, -0.05) is 41.4 Å². The highest BCUT2D eigenvalue weighted by molar-refractivity contribution is 6.31. The molecule has 1 heterocycles. The Morgan fingerprint density at radius 2 is 1.83 bits per heavy atom. The second kappa shape index (κ2) is 4.16. The van der Waals surface area contributed by atoms with Crippen LogP contribution < -0.4 is 5.32 Å². The summed E-state index contributed by atoms with van der Waals surface area (Å²) >= 11 is 11.9. The highest BCUT2D eigenvalue weighted by atomic mass is 35.5. The predicted molar refractivity (Wildman–Crippen MR) is 74.4 cm³/mol. The maximum absolute atomic E-state index is 10.9. The molecule has 1 atom stereocenters. The summed E-state index contributed by atoms with van der Waals surface area (Å²) in [7, 11) is 0. The summed E-state index contributed by atoms with van der Waals surface area (Å²) in [6.45, 7) is 0.420. The fourth-order valence-electron chi connectivity index (χ4n) is 2.35. The van der Waals surface area contributed by atoms with Crippen molar-refractivity contribution >= 4 is 28.9 Å². The lowest BCUT2D eigenvalue weighted by Crippen LogP contribution is -2.29. The van der Waals surface area contributed by atoms with Crippen molar-refractivity contribution in [1.82, 2.24) is 0 Å². The molecule has 0 saturated heterocycles. The van der Waals surface area contributed by atoms with Crippen molar-refractivity contribution < 1.29 is 5.11 Å². The average molecular weight is 280 g/mol. The van der Waals surface area contributed by atoms with Crippen molar-refractivity contribution in [2.24, 2.45) is 0 Å². The zero-order valence-electron chi connectivity index (χ0n) is 9.45. The molecule has 2 aromatic rings. The van der Waals surface area contributed by atoms with Gasteiger partial charge in [-0.3, -0.25) is 0 Å². The minimum Gasteiger partial charge on any atom is -0.381 e. The number of aliphatic hydroxyl groups is 1. The number of hydrogen-bond acceptors (Lipinski definition) is 2. The summed E-state index contributed by atoms with van der Waals surface area (Å²) in [5.74, 6) is 0. The van der Waals surface area contributed by atoms with Gasteiger partial charge in [0.2, 0.25) is 0 Å². The largest absolute Gasteiger partial charge is 0.381 e. The van der Waals surface area contributed by atoms with Crippen molar-refractivity contribution in [3.05, 3.63) is 63.6 Å². The third kappa shape index (κ3) is 1.77. The van der Waals surface area contributed by atoms with E-state index in [0.717, 1.165) is 16.8 Å². The summed E-state index contributed by atoms with van der Waals surface area (Å²) < 4.78 is 0. The Labute approximate surface area is 115 Å². The van der Waals surface area contributed by atoms with Gasteiger partial charge in [0.05, 0.1) is 6.54 Å². The first kappa shape index (κ1) is 11.8. The molecule has 18 heavy (non-hydrogen) atoms. The Kier molecular flexibility index (Phi) is 2.74. The molecule has 1 aliphatic rings. The Balaban J connectivity index is 2.14. The molecule has 0 radical (unpaired) electrons. The molecule has 4 heteroatoms. The average Bonchev–Trinajstić information content (AvgIpc) is 2.68. The molecule has 0 aliphatic carbocycles. The van der Waals surface area contributed by atoms with E-state index in [1.165, 1.54) is 0 Å². The fraction of sp³-hybridized carbons (Fsp3) is 0.143. The molecule has 1 aliphatic heterocycles. The lowest BCUT2D eigenvalue weighted by Gasteiger charge is -2.23. The van der Waals surface area contributed by atoms with Crippen LogP contribution in [0.25, 0.3) is 0 Å². The van der Waals surface area contributed by atoms with Gasteiger partial charge in [0.1, 0.15) is 5.60 Å². The number of hydrogen-bond donors (Lipinski definition) is 2. The van der Waals surface area contributed by atoms with Crippen molar-refractivity contribution in [1.29, 1.82) is 0 Å². The fourth-order valence-corrected chi connectivity index (χ4v) is 2.71. The predicted octanol–water partition coefficient (Wildman–Crippen LogP) is 3.65. The van der Waals surface area contributed by atoms with E-state index < -0.39 is 5.60 Å². The number of halogens is 2. The van der Waals surface area contributed by atoms with Crippen LogP contribution in [0.5, 0.6) is 0 Å². The van der Waals surface area contributed by atoms with Gasteiger partial charge >= 0.3 is 0 Å². The number of rotatable bonds is 1. The minimum atomic E-state index is -1.05. The Morgan fingerprint density at radius 3 is 2.61 bits per heavy atom. The highest BCUT2D eigenvalue weighted by Gasteiger charge is 2.38. The zero-order chi connectivity index (χ0) is 12.8. The molecule has 0 aromatic heterocycles. The molecule has 0 saturated carbocycles. The van der Waals surface area contributed by atoms with Crippen LogP contribution in [0.1, 0.15) is 11.1 Å². The van der Waals surface area contributed by atoms with Crippen molar-refractivity contribution in [2.75, 3.05) is 11.9 Å². The van der Waals surface area contributed by atoms with Crippen LogP contribution >= 0.6 is 23.2 Å². The zero-order valence-corrected chi connectivity index (χ0v) is 11.0. The van der Waals surface area contributed by atoms with Crippen LogP contribution in [0.15, 0.2) is 42.5 Å². The van der Waals surface area contributed by atoms with E-state index in [4.69, 9.17) is 23.2 Å². The second-order valence-corrected chi connectivity index (χ2v) is 5.29. The molecule has 0 fully saturated rings. The van der Waals surface area contributed by atoms with Gasteiger partial charge in [-0.05, 0) is 29.8 Å². The quantitative estimate of drug-likeness (QED) is 0.835.